The summed E-state index contributed by atoms with van der Waals surface area (Å²) < 4.78 is 11.7. The van der Waals surface area contributed by atoms with Crippen molar-refractivity contribution < 1.29 is 14.3 Å². The molecule has 1 saturated heterocycles. The van der Waals surface area contributed by atoms with Gasteiger partial charge in [-0.3, -0.25) is 4.79 Å². The van der Waals surface area contributed by atoms with E-state index < -0.39 is 0 Å². The van der Waals surface area contributed by atoms with Crippen molar-refractivity contribution in [2.24, 2.45) is 5.92 Å². The first-order valence-electron chi connectivity index (χ1n) is 14.6. The first kappa shape index (κ1) is 28.9. The van der Waals surface area contributed by atoms with Crippen LogP contribution in [0.4, 0.5) is 0 Å². The second kappa shape index (κ2) is 18.9. The van der Waals surface area contributed by atoms with Gasteiger partial charge in [0.1, 0.15) is 6.10 Å². The van der Waals surface area contributed by atoms with Crippen molar-refractivity contribution in [3.8, 4) is 0 Å². The summed E-state index contributed by atoms with van der Waals surface area (Å²) in [5, 5.41) is 0. The van der Waals surface area contributed by atoms with Crippen molar-refractivity contribution >= 4 is 5.97 Å². The van der Waals surface area contributed by atoms with E-state index in [1.54, 1.807) is 0 Å². The molecule has 1 aromatic rings. The third-order valence-electron chi connectivity index (χ3n) is 7.41. The Balaban J connectivity index is 1.50. The average molecular weight is 473 g/mol. The Bertz CT molecular complexity index is 614. The molecule has 3 atom stereocenters. The number of hydrogen-bond donors (Lipinski definition) is 0. The topological polar surface area (TPSA) is 35.5 Å². The maximum atomic E-state index is 11.7. The molecule has 0 bridgehead atoms. The average Bonchev–Trinajstić information content (AvgIpc) is 2.85. The summed E-state index contributed by atoms with van der Waals surface area (Å²) in [7, 11) is 0. The van der Waals surface area contributed by atoms with E-state index in [0.29, 0.717) is 6.61 Å². The van der Waals surface area contributed by atoms with Crippen LogP contribution in [0.25, 0.3) is 0 Å². The molecule has 3 nitrogen and oxygen atoms in total. The fraction of sp³-hybridized carbons (Fsp3) is 0.774. The first-order valence-corrected chi connectivity index (χ1v) is 14.6. The van der Waals surface area contributed by atoms with Crippen LogP contribution in [0, 0.1) is 5.92 Å². The number of hydrogen-bond acceptors (Lipinski definition) is 3. The second-order valence-electron chi connectivity index (χ2n) is 10.4. The highest BCUT2D eigenvalue weighted by Crippen LogP contribution is 2.31. The molecule has 1 heterocycles. The molecular formula is C31H52O3. The molecule has 1 aliphatic heterocycles. The van der Waals surface area contributed by atoms with Gasteiger partial charge in [-0.15, -0.1) is 0 Å². The van der Waals surface area contributed by atoms with Crippen molar-refractivity contribution in [1.82, 2.24) is 0 Å². The number of carbonyl (C=O) groups excluding carboxylic acids is 1. The molecule has 1 unspecified atom stereocenters. The Kier molecular flexibility index (Phi) is 16.1. The predicted octanol–water partition coefficient (Wildman–Crippen LogP) is 9.18. The van der Waals surface area contributed by atoms with Crippen LogP contribution >= 0.6 is 0 Å². The van der Waals surface area contributed by atoms with E-state index in [4.69, 9.17) is 9.47 Å². The molecule has 3 heteroatoms. The van der Waals surface area contributed by atoms with E-state index in [9.17, 15) is 4.79 Å². The third kappa shape index (κ3) is 12.4. The van der Waals surface area contributed by atoms with Gasteiger partial charge >= 0.3 is 5.97 Å². The molecule has 0 aromatic heterocycles. The van der Waals surface area contributed by atoms with E-state index in [1.165, 1.54) is 102 Å². The predicted molar refractivity (Wildman–Crippen MR) is 143 cm³/mol. The van der Waals surface area contributed by atoms with Gasteiger partial charge in [-0.1, -0.05) is 140 Å². The van der Waals surface area contributed by atoms with E-state index in [1.807, 2.05) is 6.07 Å². The highest BCUT2D eigenvalue weighted by molar-refractivity contribution is 5.78. The van der Waals surface area contributed by atoms with Crippen LogP contribution < -0.4 is 0 Å². The van der Waals surface area contributed by atoms with E-state index >= 15 is 0 Å². The van der Waals surface area contributed by atoms with Gasteiger partial charge in [0, 0.05) is 6.42 Å². The molecule has 1 aliphatic rings. The largest absolute Gasteiger partial charge is 0.461 e. The summed E-state index contributed by atoms with van der Waals surface area (Å²) in [6, 6.07) is 10.4. The minimum absolute atomic E-state index is 0.0266. The van der Waals surface area contributed by atoms with Crippen LogP contribution in [-0.2, 0) is 20.9 Å². The van der Waals surface area contributed by atoms with Gasteiger partial charge in [-0.2, -0.15) is 0 Å². The summed E-state index contributed by atoms with van der Waals surface area (Å²) in [6.07, 6.45) is 23.8. The zero-order valence-corrected chi connectivity index (χ0v) is 22.3. The molecule has 0 aliphatic carbocycles. The molecule has 0 spiro atoms. The van der Waals surface area contributed by atoms with Crippen LogP contribution in [-0.4, -0.2) is 18.2 Å². The van der Waals surface area contributed by atoms with Gasteiger partial charge in [-0.25, -0.2) is 0 Å². The lowest BCUT2D eigenvalue weighted by Crippen LogP contribution is -2.46. The van der Waals surface area contributed by atoms with E-state index in [2.05, 4.69) is 38.1 Å². The normalized spacial score (nSPS) is 18.5. The molecule has 0 amide bonds. The maximum absolute atomic E-state index is 11.7. The Morgan fingerprint density at radius 2 is 1.29 bits per heavy atom. The molecule has 1 fully saturated rings. The zero-order valence-electron chi connectivity index (χ0n) is 22.3. The Labute approximate surface area is 210 Å². The van der Waals surface area contributed by atoms with Gasteiger partial charge in [0.05, 0.1) is 18.6 Å². The molecule has 0 N–H and O–H groups in total. The van der Waals surface area contributed by atoms with Crippen LogP contribution in [0.1, 0.15) is 135 Å². The number of unbranched alkanes of at least 4 members (excludes halogenated alkanes) is 14. The minimum atomic E-state index is -0.0266. The van der Waals surface area contributed by atoms with Gasteiger partial charge in [0.2, 0.25) is 0 Å². The molecule has 0 radical (unpaired) electrons. The lowest BCUT2D eigenvalue weighted by atomic mass is 9.89. The second-order valence-corrected chi connectivity index (χ2v) is 10.4. The van der Waals surface area contributed by atoms with Gasteiger partial charge < -0.3 is 9.47 Å². The van der Waals surface area contributed by atoms with Crippen molar-refractivity contribution in [2.75, 3.05) is 0 Å². The van der Waals surface area contributed by atoms with Crippen LogP contribution in [0.5, 0.6) is 0 Å². The highest BCUT2D eigenvalue weighted by Gasteiger charge is 2.41. The fourth-order valence-corrected chi connectivity index (χ4v) is 5.10. The number of benzene rings is 1. The minimum Gasteiger partial charge on any atom is -0.461 e. The third-order valence-corrected chi connectivity index (χ3v) is 7.41. The highest BCUT2D eigenvalue weighted by atomic mass is 16.6. The Morgan fingerprint density at radius 3 is 1.79 bits per heavy atom. The number of rotatable bonds is 22. The van der Waals surface area contributed by atoms with E-state index in [-0.39, 0.29) is 24.1 Å². The monoisotopic (exact) mass is 472 g/mol. The summed E-state index contributed by atoms with van der Waals surface area (Å²) in [5.74, 6) is 0.0465. The summed E-state index contributed by atoms with van der Waals surface area (Å²) in [6.45, 7) is 5.00. The first-order chi connectivity index (χ1) is 16.7. The Morgan fingerprint density at radius 1 is 0.765 bits per heavy atom. The quantitative estimate of drug-likeness (QED) is 0.125. The molecule has 194 valence electrons. The van der Waals surface area contributed by atoms with Gasteiger partial charge in [-0.05, 0) is 18.4 Å². The molecule has 1 aromatic carbocycles. The fourth-order valence-electron chi connectivity index (χ4n) is 5.10. The SMILES string of the molecule is CCCCCCCCCCCCCCCCCC(C[C@@H]1OC(=O)[C@H]1CC)OCc1ccccc1. The standard InChI is InChI=1S/C31H52O3/c1-3-5-6-7-8-9-10-11-12-13-14-15-16-17-21-24-28(25-30-29(4-2)31(32)34-30)33-26-27-22-19-18-20-23-27/h18-20,22-23,28-30H,3-17,21,24-26H2,1-2H3/t28?,29-,30-/m0/s1. The van der Waals surface area contributed by atoms with Crippen molar-refractivity contribution in [2.45, 2.75) is 148 Å². The number of esters is 1. The lowest BCUT2D eigenvalue weighted by Gasteiger charge is -2.36. The van der Waals surface area contributed by atoms with Crippen molar-refractivity contribution in [1.29, 1.82) is 0 Å². The Hall–Kier alpha value is -1.35. The van der Waals surface area contributed by atoms with Crippen LogP contribution in [0.2, 0.25) is 0 Å². The van der Waals surface area contributed by atoms with Crippen LogP contribution in [0.15, 0.2) is 30.3 Å². The molecular weight excluding hydrogens is 420 g/mol. The van der Waals surface area contributed by atoms with Crippen molar-refractivity contribution in [3.63, 3.8) is 0 Å². The van der Waals surface area contributed by atoms with Crippen LogP contribution in [0.3, 0.4) is 0 Å². The summed E-state index contributed by atoms with van der Waals surface area (Å²) >= 11 is 0. The van der Waals surface area contributed by atoms with E-state index in [0.717, 1.165) is 19.3 Å². The van der Waals surface area contributed by atoms with Crippen molar-refractivity contribution in [3.05, 3.63) is 35.9 Å². The number of ether oxygens (including phenoxy) is 2. The lowest BCUT2D eigenvalue weighted by molar-refractivity contribution is -0.189. The molecule has 34 heavy (non-hydrogen) atoms. The zero-order chi connectivity index (χ0) is 24.3. The van der Waals surface area contributed by atoms with Gasteiger partial charge in [0.25, 0.3) is 0 Å². The smallest absolute Gasteiger partial charge is 0.313 e. The number of cyclic esters (lactones) is 1. The number of carbonyl (C=O) groups is 1. The summed E-state index contributed by atoms with van der Waals surface area (Å²) in [5.41, 5.74) is 1.21. The maximum Gasteiger partial charge on any atom is 0.313 e. The molecule has 0 saturated carbocycles. The molecule has 2 rings (SSSR count). The van der Waals surface area contributed by atoms with Gasteiger partial charge in [0.15, 0.2) is 0 Å². The summed E-state index contributed by atoms with van der Waals surface area (Å²) in [4.78, 5) is 11.7.